The molecule has 0 saturated carbocycles. The Morgan fingerprint density at radius 3 is 3.20 bits per heavy atom. The molecule has 0 aliphatic carbocycles. The van der Waals surface area contributed by atoms with Gasteiger partial charge < -0.3 is 9.52 Å². The van der Waals surface area contributed by atoms with Crippen molar-refractivity contribution in [2.75, 3.05) is 0 Å². The molecule has 2 rings (SSSR count). The predicted octanol–water partition coefficient (Wildman–Crippen LogP) is 0.825. The minimum Gasteiger partial charge on any atom is -0.467 e. The van der Waals surface area contributed by atoms with Crippen LogP contribution in [0.25, 0.3) is 0 Å². The molecule has 2 N–H and O–H groups in total. The van der Waals surface area contributed by atoms with Gasteiger partial charge in [-0.3, -0.25) is 4.79 Å². The fourth-order valence-corrected chi connectivity index (χ4v) is 1.62. The number of hydrogen-bond acceptors (Lipinski definition) is 4. The lowest BCUT2D eigenvalue weighted by Gasteiger charge is -2.23. The van der Waals surface area contributed by atoms with Gasteiger partial charge in [-0.05, 0) is 19.1 Å². The first-order chi connectivity index (χ1) is 7.18. The lowest BCUT2D eigenvalue weighted by molar-refractivity contribution is -0.123. The molecular weight excluding hydrogens is 196 g/mol. The SMILES string of the molecule is CC1=NNC(=O)C[C@H]1[C@H](O)c1ccco1. The zero-order valence-electron chi connectivity index (χ0n) is 8.30. The van der Waals surface area contributed by atoms with Gasteiger partial charge in [0, 0.05) is 18.1 Å². The monoisotopic (exact) mass is 208 g/mol. The summed E-state index contributed by atoms with van der Waals surface area (Å²) in [4.78, 5) is 11.1. The van der Waals surface area contributed by atoms with E-state index < -0.39 is 6.10 Å². The first kappa shape index (κ1) is 9.92. The number of nitrogens with one attached hydrogen (secondary N) is 1. The van der Waals surface area contributed by atoms with Crippen molar-refractivity contribution in [2.24, 2.45) is 11.0 Å². The number of carbonyl (C=O) groups excluding carboxylic acids is 1. The molecule has 5 heteroatoms. The number of aliphatic hydroxyl groups is 1. The summed E-state index contributed by atoms with van der Waals surface area (Å²) >= 11 is 0. The highest BCUT2D eigenvalue weighted by molar-refractivity contribution is 5.93. The lowest BCUT2D eigenvalue weighted by atomic mass is 9.91. The molecule has 2 atom stereocenters. The van der Waals surface area contributed by atoms with E-state index in [2.05, 4.69) is 10.5 Å². The zero-order chi connectivity index (χ0) is 10.8. The highest BCUT2D eigenvalue weighted by atomic mass is 16.4. The van der Waals surface area contributed by atoms with Crippen LogP contribution in [0, 0.1) is 5.92 Å². The first-order valence-corrected chi connectivity index (χ1v) is 4.73. The summed E-state index contributed by atoms with van der Waals surface area (Å²) in [6, 6.07) is 3.39. The quantitative estimate of drug-likeness (QED) is 0.755. The molecule has 0 unspecified atom stereocenters. The predicted molar refractivity (Wildman–Crippen MR) is 53.0 cm³/mol. The molecule has 1 amide bonds. The van der Waals surface area contributed by atoms with Crippen LogP contribution in [0.4, 0.5) is 0 Å². The summed E-state index contributed by atoms with van der Waals surface area (Å²) in [6.45, 7) is 1.77. The molecule has 1 aromatic rings. The first-order valence-electron chi connectivity index (χ1n) is 4.73. The van der Waals surface area contributed by atoms with Gasteiger partial charge in [-0.1, -0.05) is 0 Å². The van der Waals surface area contributed by atoms with Crippen LogP contribution < -0.4 is 5.43 Å². The number of hydrazone groups is 1. The molecule has 0 fully saturated rings. The third kappa shape index (κ3) is 1.92. The Morgan fingerprint density at radius 2 is 2.53 bits per heavy atom. The number of nitrogens with zero attached hydrogens (tertiary/aromatic N) is 1. The van der Waals surface area contributed by atoms with Gasteiger partial charge in [0.2, 0.25) is 5.91 Å². The molecule has 80 valence electrons. The Balaban J connectivity index is 2.20. The highest BCUT2D eigenvalue weighted by Crippen LogP contribution is 2.27. The van der Waals surface area contributed by atoms with Crippen molar-refractivity contribution in [2.45, 2.75) is 19.4 Å². The molecule has 2 heterocycles. The van der Waals surface area contributed by atoms with E-state index in [4.69, 9.17) is 4.42 Å². The maximum atomic E-state index is 11.1. The Kier molecular flexibility index (Phi) is 2.55. The largest absolute Gasteiger partial charge is 0.467 e. The van der Waals surface area contributed by atoms with Crippen LogP contribution in [0.3, 0.4) is 0 Å². The number of amides is 1. The summed E-state index contributed by atoms with van der Waals surface area (Å²) in [6.07, 6.45) is 0.917. The molecule has 0 radical (unpaired) electrons. The summed E-state index contributed by atoms with van der Waals surface area (Å²) in [5.74, 6) is -0.0228. The van der Waals surface area contributed by atoms with Gasteiger partial charge in [-0.25, -0.2) is 5.43 Å². The zero-order valence-corrected chi connectivity index (χ0v) is 8.30. The Labute approximate surface area is 86.8 Å². The van der Waals surface area contributed by atoms with Crippen molar-refractivity contribution in [3.8, 4) is 0 Å². The van der Waals surface area contributed by atoms with Crippen molar-refractivity contribution in [1.29, 1.82) is 0 Å². The molecule has 0 saturated heterocycles. The Morgan fingerprint density at radius 1 is 1.73 bits per heavy atom. The van der Waals surface area contributed by atoms with Crippen LogP contribution >= 0.6 is 0 Å². The van der Waals surface area contributed by atoms with Crippen molar-refractivity contribution in [3.05, 3.63) is 24.2 Å². The third-order valence-electron chi connectivity index (χ3n) is 2.51. The average molecular weight is 208 g/mol. The standard InChI is InChI=1S/C10H12N2O3/c1-6-7(5-9(13)12-11-6)10(14)8-3-2-4-15-8/h2-4,7,10,14H,5H2,1H3,(H,12,13)/t7-,10+/m1/s1. The fourth-order valence-electron chi connectivity index (χ4n) is 1.62. The minimum atomic E-state index is -0.810. The smallest absolute Gasteiger partial charge is 0.240 e. The number of aliphatic hydroxyl groups excluding tert-OH is 1. The summed E-state index contributed by atoms with van der Waals surface area (Å²) in [7, 11) is 0. The second-order valence-corrected chi connectivity index (χ2v) is 3.56. The van der Waals surface area contributed by atoms with E-state index >= 15 is 0 Å². The normalized spacial score (nSPS) is 23.2. The van der Waals surface area contributed by atoms with E-state index in [9.17, 15) is 9.90 Å². The molecule has 0 spiro atoms. The molecule has 1 aliphatic rings. The van der Waals surface area contributed by atoms with Gasteiger partial charge in [-0.2, -0.15) is 5.10 Å². The van der Waals surface area contributed by atoms with Gasteiger partial charge in [0.25, 0.3) is 0 Å². The highest BCUT2D eigenvalue weighted by Gasteiger charge is 2.30. The van der Waals surface area contributed by atoms with Crippen LogP contribution in [0.5, 0.6) is 0 Å². The molecule has 5 nitrogen and oxygen atoms in total. The Bertz CT molecular complexity index is 383. The lowest BCUT2D eigenvalue weighted by Crippen LogP contribution is -2.34. The van der Waals surface area contributed by atoms with E-state index in [1.165, 1.54) is 6.26 Å². The van der Waals surface area contributed by atoms with E-state index in [1.54, 1.807) is 19.1 Å². The number of furan rings is 1. The second kappa shape index (κ2) is 3.86. The van der Waals surface area contributed by atoms with Crippen molar-refractivity contribution in [1.82, 2.24) is 5.43 Å². The van der Waals surface area contributed by atoms with Crippen LogP contribution in [0.15, 0.2) is 27.9 Å². The van der Waals surface area contributed by atoms with E-state index in [0.29, 0.717) is 11.5 Å². The molecule has 1 aliphatic heterocycles. The van der Waals surface area contributed by atoms with Gasteiger partial charge in [0.1, 0.15) is 11.9 Å². The number of carbonyl (C=O) groups is 1. The van der Waals surface area contributed by atoms with Crippen LogP contribution in [-0.2, 0) is 4.79 Å². The third-order valence-corrected chi connectivity index (χ3v) is 2.51. The van der Waals surface area contributed by atoms with Gasteiger partial charge >= 0.3 is 0 Å². The summed E-state index contributed by atoms with van der Waals surface area (Å²) in [5.41, 5.74) is 3.08. The number of rotatable bonds is 2. The van der Waals surface area contributed by atoms with E-state index in [1.807, 2.05) is 0 Å². The van der Waals surface area contributed by atoms with E-state index in [-0.39, 0.29) is 18.2 Å². The van der Waals surface area contributed by atoms with Gasteiger partial charge in [0.15, 0.2) is 0 Å². The topological polar surface area (TPSA) is 74.8 Å². The Hall–Kier alpha value is -1.62. The fraction of sp³-hybridized carbons (Fsp3) is 0.400. The number of hydrogen-bond donors (Lipinski definition) is 2. The van der Waals surface area contributed by atoms with Crippen molar-refractivity contribution < 1.29 is 14.3 Å². The van der Waals surface area contributed by atoms with Crippen LogP contribution in [0.1, 0.15) is 25.2 Å². The van der Waals surface area contributed by atoms with Gasteiger partial charge in [0.05, 0.1) is 6.26 Å². The van der Waals surface area contributed by atoms with Crippen molar-refractivity contribution in [3.63, 3.8) is 0 Å². The van der Waals surface area contributed by atoms with Crippen molar-refractivity contribution >= 4 is 11.6 Å². The average Bonchev–Trinajstić information content (AvgIpc) is 2.74. The van der Waals surface area contributed by atoms with E-state index in [0.717, 1.165) is 0 Å². The molecule has 0 bridgehead atoms. The molecule has 0 aromatic carbocycles. The maximum Gasteiger partial charge on any atom is 0.240 e. The second-order valence-electron chi connectivity index (χ2n) is 3.56. The minimum absolute atomic E-state index is 0.184. The molecule has 15 heavy (non-hydrogen) atoms. The van der Waals surface area contributed by atoms with Gasteiger partial charge in [-0.15, -0.1) is 0 Å². The molecular formula is C10H12N2O3. The maximum absolute atomic E-state index is 11.1. The summed E-state index contributed by atoms with van der Waals surface area (Å²) in [5, 5.41) is 13.8. The van der Waals surface area contributed by atoms with Crippen LogP contribution in [-0.4, -0.2) is 16.7 Å². The summed E-state index contributed by atoms with van der Waals surface area (Å²) < 4.78 is 5.10. The van der Waals surface area contributed by atoms with Crippen LogP contribution in [0.2, 0.25) is 0 Å². The molecule has 1 aromatic heterocycles.